The average Bonchev–Trinajstić information content (AvgIpc) is 2.12. The molecule has 1 saturated carbocycles. The van der Waals surface area contributed by atoms with E-state index < -0.39 is 0 Å². The lowest BCUT2D eigenvalue weighted by molar-refractivity contribution is -0.130. The molecule has 0 amide bonds. The molecule has 0 bridgehead atoms. The molecule has 0 aliphatic heterocycles. The normalized spacial score (nSPS) is 32.9. The maximum absolute atomic E-state index is 11.5. The fraction of sp³-hybridized carbons (Fsp3) is 0.900. The molecule has 1 nitrogen and oxygen atoms in total. The highest BCUT2D eigenvalue weighted by molar-refractivity contribution is 5.87. The zero-order valence-electron chi connectivity index (χ0n) is 8.03. The lowest BCUT2D eigenvalue weighted by atomic mass is 9.66. The Bertz CT molecular complexity index is 176. The Kier molecular flexibility index (Phi) is 1.85. The van der Waals surface area contributed by atoms with Gasteiger partial charge in [-0.15, -0.1) is 0 Å². The fourth-order valence-electron chi connectivity index (χ4n) is 1.81. The Hall–Kier alpha value is -0.330. The predicted octanol–water partition coefficient (Wildman–Crippen LogP) is 2.79. The second kappa shape index (κ2) is 2.33. The summed E-state index contributed by atoms with van der Waals surface area (Å²) in [5.74, 6) is 0.463. The maximum atomic E-state index is 11.5. The van der Waals surface area contributed by atoms with Crippen LogP contribution in [0, 0.1) is 10.8 Å². The van der Waals surface area contributed by atoms with Gasteiger partial charge < -0.3 is 0 Å². The van der Waals surface area contributed by atoms with E-state index in [4.69, 9.17) is 0 Å². The molecule has 0 N–H and O–H groups in total. The van der Waals surface area contributed by atoms with Crippen LogP contribution in [0.2, 0.25) is 0 Å². The van der Waals surface area contributed by atoms with Crippen LogP contribution in [0.4, 0.5) is 0 Å². The number of rotatable bonds is 0. The number of hydrogen-bond acceptors (Lipinski definition) is 1. The minimum Gasteiger partial charge on any atom is -0.299 e. The Balaban J connectivity index is 2.90. The Labute approximate surface area is 69.2 Å². The van der Waals surface area contributed by atoms with Gasteiger partial charge in [-0.2, -0.15) is 0 Å². The summed E-state index contributed by atoms with van der Waals surface area (Å²) in [6, 6.07) is 0. The summed E-state index contributed by atoms with van der Waals surface area (Å²) in [4.78, 5) is 11.5. The molecule has 1 fully saturated rings. The van der Waals surface area contributed by atoms with Crippen molar-refractivity contribution in [1.82, 2.24) is 0 Å². The molecule has 0 spiro atoms. The van der Waals surface area contributed by atoms with Crippen molar-refractivity contribution in [1.29, 1.82) is 0 Å². The highest BCUT2D eigenvalue weighted by Crippen LogP contribution is 2.47. The number of carbonyl (C=O) groups excluding carboxylic acids is 1. The first-order valence-corrected chi connectivity index (χ1v) is 4.41. The first kappa shape index (κ1) is 8.76. The van der Waals surface area contributed by atoms with Gasteiger partial charge >= 0.3 is 0 Å². The summed E-state index contributed by atoms with van der Waals surface area (Å²) in [6.45, 7) is 8.60. The third-order valence-corrected chi connectivity index (χ3v) is 3.35. The lowest BCUT2D eigenvalue weighted by Gasteiger charge is -2.36. The summed E-state index contributed by atoms with van der Waals surface area (Å²) in [7, 11) is 0. The van der Waals surface area contributed by atoms with E-state index in [1.54, 1.807) is 0 Å². The van der Waals surface area contributed by atoms with E-state index in [-0.39, 0.29) is 10.8 Å². The summed E-state index contributed by atoms with van der Waals surface area (Å²) in [6.07, 6.45) is 2.97. The highest BCUT2D eigenvalue weighted by atomic mass is 16.1. The molecular formula is C10H18O. The largest absolute Gasteiger partial charge is 0.299 e. The van der Waals surface area contributed by atoms with Crippen LogP contribution < -0.4 is 0 Å². The quantitative estimate of drug-likeness (QED) is 0.524. The van der Waals surface area contributed by atoms with Crippen LogP contribution in [0.25, 0.3) is 0 Å². The Morgan fingerprint density at radius 2 is 1.91 bits per heavy atom. The van der Waals surface area contributed by atoms with Crippen molar-refractivity contribution in [2.24, 2.45) is 10.8 Å². The van der Waals surface area contributed by atoms with Crippen molar-refractivity contribution in [3.8, 4) is 0 Å². The standard InChI is InChI=1S/C10H18O/c1-9(2,3)10(4)7-5-6-8(10)11/h5-7H2,1-4H3/t10-/m1/s1. The van der Waals surface area contributed by atoms with Crippen LogP contribution in [-0.2, 0) is 4.79 Å². The van der Waals surface area contributed by atoms with E-state index in [1.807, 2.05) is 0 Å². The molecular weight excluding hydrogens is 136 g/mol. The van der Waals surface area contributed by atoms with E-state index in [0.717, 1.165) is 19.3 Å². The summed E-state index contributed by atoms with van der Waals surface area (Å²) in [5, 5.41) is 0. The third kappa shape index (κ3) is 1.21. The molecule has 0 saturated heterocycles. The van der Waals surface area contributed by atoms with E-state index in [1.165, 1.54) is 0 Å². The average molecular weight is 154 g/mol. The first-order valence-electron chi connectivity index (χ1n) is 4.41. The monoisotopic (exact) mass is 154 g/mol. The molecule has 0 aromatic rings. The third-order valence-electron chi connectivity index (χ3n) is 3.35. The fourth-order valence-corrected chi connectivity index (χ4v) is 1.81. The van der Waals surface area contributed by atoms with Gasteiger partial charge in [-0.1, -0.05) is 27.7 Å². The molecule has 0 aromatic carbocycles. The van der Waals surface area contributed by atoms with Gasteiger partial charge in [0.2, 0.25) is 0 Å². The zero-order chi connectivity index (χ0) is 8.70. The van der Waals surface area contributed by atoms with Gasteiger partial charge in [0.05, 0.1) is 0 Å². The van der Waals surface area contributed by atoms with E-state index in [0.29, 0.717) is 5.78 Å². The molecule has 11 heavy (non-hydrogen) atoms. The SMILES string of the molecule is CC(C)(C)[C@]1(C)CCCC1=O. The number of Topliss-reactive ketones (excluding diaryl/α,β-unsaturated/α-hetero) is 1. The van der Waals surface area contributed by atoms with Crippen molar-refractivity contribution in [3.05, 3.63) is 0 Å². The van der Waals surface area contributed by atoms with Crippen molar-refractivity contribution < 1.29 is 4.79 Å². The zero-order valence-corrected chi connectivity index (χ0v) is 8.03. The minimum absolute atomic E-state index is 0.0486. The molecule has 1 heteroatoms. The highest BCUT2D eigenvalue weighted by Gasteiger charge is 2.46. The molecule has 1 aliphatic carbocycles. The first-order chi connectivity index (χ1) is 4.88. The number of ketones is 1. The van der Waals surface area contributed by atoms with Crippen LogP contribution >= 0.6 is 0 Å². The van der Waals surface area contributed by atoms with Crippen LogP contribution in [0.3, 0.4) is 0 Å². The van der Waals surface area contributed by atoms with Crippen molar-refractivity contribution >= 4 is 5.78 Å². The summed E-state index contributed by atoms with van der Waals surface area (Å²) >= 11 is 0. The summed E-state index contributed by atoms with van der Waals surface area (Å²) in [5.41, 5.74) is 0.0909. The van der Waals surface area contributed by atoms with Crippen LogP contribution in [0.1, 0.15) is 47.0 Å². The molecule has 1 atom stereocenters. The molecule has 0 aromatic heterocycles. The second-order valence-electron chi connectivity index (χ2n) is 4.86. The van der Waals surface area contributed by atoms with Gasteiger partial charge in [-0.25, -0.2) is 0 Å². The topological polar surface area (TPSA) is 17.1 Å². The molecule has 0 unspecified atom stereocenters. The van der Waals surface area contributed by atoms with Crippen LogP contribution in [0.5, 0.6) is 0 Å². The maximum Gasteiger partial charge on any atom is 0.139 e. The van der Waals surface area contributed by atoms with Gasteiger partial charge in [-0.3, -0.25) is 4.79 Å². The molecule has 1 rings (SSSR count). The lowest BCUT2D eigenvalue weighted by Crippen LogP contribution is -2.36. The molecule has 64 valence electrons. The van der Waals surface area contributed by atoms with Gasteiger partial charge in [0.1, 0.15) is 5.78 Å². The number of hydrogen-bond donors (Lipinski definition) is 0. The smallest absolute Gasteiger partial charge is 0.139 e. The van der Waals surface area contributed by atoms with Crippen molar-refractivity contribution in [2.45, 2.75) is 47.0 Å². The summed E-state index contributed by atoms with van der Waals surface area (Å²) < 4.78 is 0. The van der Waals surface area contributed by atoms with Gasteiger partial charge in [-0.05, 0) is 18.3 Å². The van der Waals surface area contributed by atoms with Crippen LogP contribution in [-0.4, -0.2) is 5.78 Å². The number of carbonyl (C=O) groups is 1. The van der Waals surface area contributed by atoms with E-state index >= 15 is 0 Å². The molecule has 0 heterocycles. The second-order valence-corrected chi connectivity index (χ2v) is 4.86. The van der Waals surface area contributed by atoms with Gasteiger partial charge in [0, 0.05) is 11.8 Å². The van der Waals surface area contributed by atoms with E-state index in [9.17, 15) is 4.79 Å². The van der Waals surface area contributed by atoms with Crippen LogP contribution in [0.15, 0.2) is 0 Å². The minimum atomic E-state index is -0.0486. The van der Waals surface area contributed by atoms with Crippen molar-refractivity contribution in [2.75, 3.05) is 0 Å². The van der Waals surface area contributed by atoms with Gasteiger partial charge in [0.15, 0.2) is 0 Å². The van der Waals surface area contributed by atoms with Crippen molar-refractivity contribution in [3.63, 3.8) is 0 Å². The van der Waals surface area contributed by atoms with Gasteiger partial charge in [0.25, 0.3) is 0 Å². The Morgan fingerprint density at radius 1 is 1.36 bits per heavy atom. The van der Waals surface area contributed by atoms with E-state index in [2.05, 4.69) is 27.7 Å². The molecule has 0 radical (unpaired) electrons. The molecule has 1 aliphatic rings. The predicted molar refractivity (Wildman–Crippen MR) is 46.4 cm³/mol. The Morgan fingerprint density at radius 3 is 2.09 bits per heavy atom.